The number of aromatic hydroxyl groups is 1. The van der Waals surface area contributed by atoms with Gasteiger partial charge in [-0.1, -0.05) is 73.7 Å². The van der Waals surface area contributed by atoms with E-state index in [0.29, 0.717) is 5.69 Å². The van der Waals surface area contributed by atoms with Crippen LogP contribution < -0.4 is 0 Å². The zero-order valence-electron chi connectivity index (χ0n) is 16.4. The number of hydrogen-bond acceptors (Lipinski definition) is 5. The van der Waals surface area contributed by atoms with Crippen molar-refractivity contribution in [2.24, 2.45) is 26.4 Å². The molecule has 4 rings (SSSR count). The van der Waals surface area contributed by atoms with Gasteiger partial charge < -0.3 is 5.11 Å². The first kappa shape index (κ1) is 18.7. The largest absolute Gasteiger partial charge is 0.506 e. The molecule has 5 nitrogen and oxygen atoms in total. The number of benzene rings is 3. The van der Waals surface area contributed by atoms with E-state index in [0.717, 1.165) is 22.0 Å². The minimum absolute atomic E-state index is 0.0406. The van der Waals surface area contributed by atoms with Gasteiger partial charge in [0.1, 0.15) is 11.4 Å². The number of fused-ring (bicyclic) bond motifs is 1. The zero-order valence-corrected chi connectivity index (χ0v) is 16.4. The quantitative estimate of drug-likeness (QED) is 0.477. The molecule has 0 amide bonds. The third kappa shape index (κ3) is 3.72. The van der Waals surface area contributed by atoms with Crippen LogP contribution in [0, 0.1) is 12.8 Å². The van der Waals surface area contributed by atoms with Crippen LogP contribution in [-0.4, -0.2) is 10.8 Å². The number of hydrogen-bond donors (Lipinski definition) is 1. The molecule has 2 unspecified atom stereocenters. The van der Waals surface area contributed by atoms with E-state index < -0.39 is 5.66 Å². The van der Waals surface area contributed by atoms with Crippen molar-refractivity contribution < 1.29 is 5.11 Å². The standard InChI is InChI=1S/C24H22N4O/c1-17-9-3-6-13-21(17)25-27-24(16-8-7-10-18(24)2)28-26-23-20-12-5-4-11-19(20)14-15-22(23)29/h3-16,18,29H,1-2H3. The van der Waals surface area contributed by atoms with Crippen molar-refractivity contribution in [1.29, 1.82) is 0 Å². The average molecular weight is 382 g/mol. The van der Waals surface area contributed by atoms with Crippen LogP contribution >= 0.6 is 0 Å². The molecule has 0 saturated carbocycles. The lowest BCUT2D eigenvalue weighted by Gasteiger charge is -2.26. The number of nitrogens with zero attached hydrogens (tertiary/aromatic N) is 4. The second kappa shape index (κ2) is 7.80. The van der Waals surface area contributed by atoms with E-state index in [1.807, 2.05) is 92.7 Å². The van der Waals surface area contributed by atoms with Crippen molar-refractivity contribution >= 4 is 22.1 Å². The minimum atomic E-state index is -0.972. The molecule has 0 saturated heterocycles. The van der Waals surface area contributed by atoms with Crippen LogP contribution in [0.15, 0.2) is 105 Å². The summed E-state index contributed by atoms with van der Waals surface area (Å²) in [7, 11) is 0. The molecule has 0 heterocycles. The minimum Gasteiger partial charge on any atom is -0.506 e. The van der Waals surface area contributed by atoms with Crippen molar-refractivity contribution in [3.63, 3.8) is 0 Å². The summed E-state index contributed by atoms with van der Waals surface area (Å²) < 4.78 is 0. The molecule has 0 fully saturated rings. The molecule has 3 aromatic rings. The smallest absolute Gasteiger partial charge is 0.215 e. The molecule has 0 aromatic heterocycles. The number of rotatable bonds is 4. The molecule has 0 radical (unpaired) electrons. The van der Waals surface area contributed by atoms with E-state index in [9.17, 15) is 5.11 Å². The van der Waals surface area contributed by atoms with Gasteiger partial charge in [0.2, 0.25) is 5.66 Å². The van der Waals surface area contributed by atoms with Crippen molar-refractivity contribution in [2.45, 2.75) is 19.5 Å². The Morgan fingerprint density at radius 2 is 1.62 bits per heavy atom. The number of azo groups is 2. The molecule has 0 spiro atoms. The molecule has 2 atom stereocenters. The molecule has 3 aromatic carbocycles. The Morgan fingerprint density at radius 1 is 0.862 bits per heavy atom. The van der Waals surface area contributed by atoms with Crippen LogP contribution in [0.2, 0.25) is 0 Å². The Balaban J connectivity index is 1.78. The Hall–Kier alpha value is -3.60. The zero-order chi connectivity index (χ0) is 20.3. The highest BCUT2D eigenvalue weighted by molar-refractivity contribution is 5.95. The highest BCUT2D eigenvalue weighted by atomic mass is 16.3. The molecule has 1 aliphatic carbocycles. The van der Waals surface area contributed by atoms with Gasteiger partial charge in [0.25, 0.3) is 0 Å². The normalized spacial score (nSPS) is 21.5. The topological polar surface area (TPSA) is 69.7 Å². The monoisotopic (exact) mass is 382 g/mol. The fourth-order valence-corrected chi connectivity index (χ4v) is 3.28. The van der Waals surface area contributed by atoms with Gasteiger partial charge in [0.05, 0.1) is 5.69 Å². The van der Waals surface area contributed by atoms with Gasteiger partial charge in [0, 0.05) is 11.3 Å². The van der Waals surface area contributed by atoms with Crippen LogP contribution in [0.1, 0.15) is 12.5 Å². The van der Waals surface area contributed by atoms with Crippen LogP contribution in [0.5, 0.6) is 5.75 Å². The first-order valence-corrected chi connectivity index (χ1v) is 9.57. The maximum atomic E-state index is 10.4. The number of phenolic OH excluding ortho intramolecular Hbond substituents is 1. The molecular weight excluding hydrogens is 360 g/mol. The van der Waals surface area contributed by atoms with E-state index in [4.69, 9.17) is 0 Å². The summed E-state index contributed by atoms with van der Waals surface area (Å²) in [6.07, 6.45) is 7.79. The lowest BCUT2D eigenvalue weighted by molar-refractivity contribution is 0.402. The van der Waals surface area contributed by atoms with Crippen molar-refractivity contribution in [2.75, 3.05) is 0 Å². The van der Waals surface area contributed by atoms with Crippen LogP contribution in [0.3, 0.4) is 0 Å². The van der Waals surface area contributed by atoms with Gasteiger partial charge in [-0.15, -0.1) is 5.11 Å². The lowest BCUT2D eigenvalue weighted by Crippen LogP contribution is -2.29. The summed E-state index contributed by atoms with van der Waals surface area (Å²) in [5.74, 6) is 0.0440. The van der Waals surface area contributed by atoms with Gasteiger partial charge in [-0.2, -0.15) is 15.3 Å². The molecule has 29 heavy (non-hydrogen) atoms. The van der Waals surface area contributed by atoms with Crippen LogP contribution in [-0.2, 0) is 0 Å². The summed E-state index contributed by atoms with van der Waals surface area (Å²) in [5.41, 5.74) is 1.30. The van der Waals surface area contributed by atoms with Crippen molar-refractivity contribution in [1.82, 2.24) is 0 Å². The Morgan fingerprint density at radius 3 is 2.45 bits per heavy atom. The van der Waals surface area contributed by atoms with Gasteiger partial charge in [-0.25, -0.2) is 0 Å². The third-order valence-electron chi connectivity index (χ3n) is 5.15. The summed E-state index contributed by atoms with van der Waals surface area (Å²) in [6.45, 7) is 4.02. The second-order valence-corrected chi connectivity index (χ2v) is 7.16. The van der Waals surface area contributed by atoms with Gasteiger partial charge in [-0.05, 0) is 36.1 Å². The van der Waals surface area contributed by atoms with Gasteiger partial charge in [-0.3, -0.25) is 0 Å². The summed E-state index contributed by atoms with van der Waals surface area (Å²) in [4.78, 5) is 0. The lowest BCUT2D eigenvalue weighted by atomic mass is 9.91. The fraction of sp³-hybridized carbons (Fsp3) is 0.167. The van der Waals surface area contributed by atoms with E-state index in [1.54, 1.807) is 6.07 Å². The second-order valence-electron chi connectivity index (χ2n) is 7.16. The average Bonchev–Trinajstić information content (AvgIpc) is 2.74. The maximum absolute atomic E-state index is 10.4. The predicted molar refractivity (Wildman–Crippen MR) is 116 cm³/mol. The number of phenols is 1. The third-order valence-corrected chi connectivity index (χ3v) is 5.15. The SMILES string of the molecule is Cc1ccccc1N=NC1(N=Nc2c(O)ccc3ccccc23)C=CC=CC1C. The Kier molecular flexibility index (Phi) is 5.04. The highest BCUT2D eigenvalue weighted by Crippen LogP contribution is 2.38. The number of allylic oxidation sites excluding steroid dienone is 2. The first-order chi connectivity index (χ1) is 14.1. The van der Waals surface area contributed by atoms with Gasteiger partial charge >= 0.3 is 0 Å². The summed E-state index contributed by atoms with van der Waals surface area (Å²) in [5, 5.41) is 30.3. The fourth-order valence-electron chi connectivity index (χ4n) is 3.28. The molecule has 1 aliphatic rings. The van der Waals surface area contributed by atoms with Crippen molar-refractivity contribution in [3.8, 4) is 5.75 Å². The molecule has 144 valence electrons. The molecule has 0 bridgehead atoms. The van der Waals surface area contributed by atoms with Crippen LogP contribution in [0.25, 0.3) is 10.8 Å². The van der Waals surface area contributed by atoms with Crippen LogP contribution in [0.4, 0.5) is 11.4 Å². The molecule has 1 N–H and O–H groups in total. The van der Waals surface area contributed by atoms with Gasteiger partial charge in [0.15, 0.2) is 0 Å². The summed E-state index contributed by atoms with van der Waals surface area (Å²) in [6, 6.07) is 19.1. The van der Waals surface area contributed by atoms with E-state index >= 15 is 0 Å². The molecule has 0 aliphatic heterocycles. The first-order valence-electron chi connectivity index (χ1n) is 9.57. The van der Waals surface area contributed by atoms with E-state index in [1.165, 1.54) is 0 Å². The highest BCUT2D eigenvalue weighted by Gasteiger charge is 2.34. The van der Waals surface area contributed by atoms with Crippen molar-refractivity contribution in [3.05, 3.63) is 90.5 Å². The maximum Gasteiger partial charge on any atom is 0.215 e. The van der Waals surface area contributed by atoms with E-state index in [-0.39, 0.29) is 11.7 Å². The Labute approximate surface area is 169 Å². The molecular formula is C24H22N4O. The summed E-state index contributed by atoms with van der Waals surface area (Å²) >= 11 is 0. The van der Waals surface area contributed by atoms with E-state index in [2.05, 4.69) is 20.5 Å². The number of aryl methyl sites for hydroxylation is 1. The molecule has 5 heteroatoms. The predicted octanol–water partition coefficient (Wildman–Crippen LogP) is 7.18. The Bertz CT molecular complexity index is 1160.